The Morgan fingerprint density at radius 3 is 2.46 bits per heavy atom. The number of carbonyl (C=O) groups excluding carboxylic acids is 3. The fourth-order valence-corrected chi connectivity index (χ4v) is 1.98. The number of nitro groups is 1. The first-order valence-electron chi connectivity index (χ1n) is 7.51. The third-order valence-electron chi connectivity index (χ3n) is 3.11. The van der Waals surface area contributed by atoms with E-state index in [0.29, 0.717) is 12.1 Å². The van der Waals surface area contributed by atoms with Gasteiger partial charge in [0.05, 0.1) is 6.07 Å². The number of nitrogens with zero attached hydrogens (tertiary/aromatic N) is 1. The van der Waals surface area contributed by atoms with Crippen molar-refractivity contribution >= 4 is 23.8 Å². The standard InChI is InChI=1S/C16H15N3O7/c1-2-17-16(22)18-14(20)13(10-6-4-3-5-7-10)26-15(21)11-8-9-12(25-11)19(23)24/h3-9,13H,2H2,1H3,(H2,17,18,20,22)/t13-/m0/s1. The van der Waals surface area contributed by atoms with Gasteiger partial charge in [0.2, 0.25) is 11.9 Å². The second-order valence-electron chi connectivity index (χ2n) is 4.94. The van der Waals surface area contributed by atoms with Crippen molar-refractivity contribution in [1.82, 2.24) is 10.6 Å². The Balaban J connectivity index is 2.20. The first-order chi connectivity index (χ1) is 12.4. The first kappa shape index (κ1) is 18.6. The fourth-order valence-electron chi connectivity index (χ4n) is 1.98. The largest absolute Gasteiger partial charge is 0.441 e. The van der Waals surface area contributed by atoms with Gasteiger partial charge in [0, 0.05) is 12.1 Å². The number of esters is 1. The lowest BCUT2D eigenvalue weighted by molar-refractivity contribution is -0.402. The van der Waals surface area contributed by atoms with Crippen LogP contribution in [-0.2, 0) is 9.53 Å². The minimum Gasteiger partial charge on any atom is -0.441 e. The zero-order valence-electron chi connectivity index (χ0n) is 13.6. The molecule has 1 heterocycles. The molecule has 136 valence electrons. The van der Waals surface area contributed by atoms with Gasteiger partial charge in [-0.15, -0.1) is 0 Å². The van der Waals surface area contributed by atoms with Gasteiger partial charge >= 0.3 is 17.9 Å². The molecule has 26 heavy (non-hydrogen) atoms. The second-order valence-corrected chi connectivity index (χ2v) is 4.94. The number of amides is 3. The van der Waals surface area contributed by atoms with E-state index in [9.17, 15) is 24.5 Å². The molecule has 0 saturated carbocycles. The average molecular weight is 361 g/mol. The molecule has 0 aliphatic carbocycles. The van der Waals surface area contributed by atoms with E-state index in [1.807, 2.05) is 0 Å². The molecule has 2 rings (SSSR count). The minimum atomic E-state index is -1.45. The summed E-state index contributed by atoms with van der Waals surface area (Å²) < 4.78 is 9.87. The quantitative estimate of drug-likeness (QED) is 0.455. The van der Waals surface area contributed by atoms with E-state index in [4.69, 9.17) is 9.15 Å². The van der Waals surface area contributed by atoms with Gasteiger partial charge in [0.1, 0.15) is 4.92 Å². The van der Waals surface area contributed by atoms with Crippen LogP contribution in [-0.4, -0.2) is 29.4 Å². The van der Waals surface area contributed by atoms with Gasteiger partial charge in [-0.2, -0.15) is 0 Å². The Hall–Kier alpha value is -3.69. The molecule has 0 radical (unpaired) electrons. The van der Waals surface area contributed by atoms with Gasteiger partial charge in [0.25, 0.3) is 5.91 Å². The van der Waals surface area contributed by atoms with E-state index in [1.165, 1.54) is 12.1 Å². The predicted molar refractivity (Wildman–Crippen MR) is 87.2 cm³/mol. The van der Waals surface area contributed by atoms with Crippen molar-refractivity contribution in [3.63, 3.8) is 0 Å². The van der Waals surface area contributed by atoms with E-state index in [1.54, 1.807) is 25.1 Å². The van der Waals surface area contributed by atoms with Gasteiger partial charge in [0.15, 0.2) is 0 Å². The van der Waals surface area contributed by atoms with Crippen LogP contribution in [0.15, 0.2) is 46.9 Å². The number of hydrogen-bond donors (Lipinski definition) is 2. The van der Waals surface area contributed by atoms with Crippen LogP contribution in [0.2, 0.25) is 0 Å². The van der Waals surface area contributed by atoms with Crippen LogP contribution in [0.5, 0.6) is 0 Å². The highest BCUT2D eigenvalue weighted by molar-refractivity contribution is 5.98. The molecular formula is C16H15N3O7. The first-order valence-corrected chi connectivity index (χ1v) is 7.51. The number of ether oxygens (including phenoxy) is 1. The summed E-state index contributed by atoms with van der Waals surface area (Å²) in [6, 6.07) is 9.29. The number of urea groups is 1. The molecule has 1 aromatic heterocycles. The molecule has 0 aliphatic rings. The maximum Gasteiger partial charge on any atom is 0.433 e. The highest BCUT2D eigenvalue weighted by Crippen LogP contribution is 2.22. The fraction of sp³-hybridized carbons (Fsp3) is 0.188. The minimum absolute atomic E-state index is 0.297. The van der Waals surface area contributed by atoms with Crippen LogP contribution in [0.1, 0.15) is 29.1 Å². The number of furan rings is 1. The summed E-state index contributed by atoms with van der Waals surface area (Å²) in [5, 5.41) is 15.1. The molecule has 1 aromatic carbocycles. The summed E-state index contributed by atoms with van der Waals surface area (Å²) in [6.45, 7) is 1.97. The highest BCUT2D eigenvalue weighted by Gasteiger charge is 2.29. The predicted octanol–water partition coefficient (Wildman–Crippen LogP) is 1.93. The van der Waals surface area contributed by atoms with Crippen molar-refractivity contribution in [1.29, 1.82) is 0 Å². The summed E-state index contributed by atoms with van der Waals surface area (Å²) in [5.41, 5.74) is 0.309. The lowest BCUT2D eigenvalue weighted by Crippen LogP contribution is -2.42. The molecule has 3 amide bonds. The van der Waals surface area contributed by atoms with Crippen molar-refractivity contribution in [2.24, 2.45) is 0 Å². The van der Waals surface area contributed by atoms with E-state index >= 15 is 0 Å². The number of imide groups is 1. The Labute approximate surface area is 147 Å². The van der Waals surface area contributed by atoms with Crippen LogP contribution in [0.4, 0.5) is 10.7 Å². The van der Waals surface area contributed by atoms with Crippen LogP contribution in [0.25, 0.3) is 0 Å². The molecular weight excluding hydrogens is 346 g/mol. The van der Waals surface area contributed by atoms with E-state index in [2.05, 4.69) is 10.6 Å². The number of hydrogen-bond acceptors (Lipinski definition) is 7. The lowest BCUT2D eigenvalue weighted by atomic mass is 10.1. The van der Waals surface area contributed by atoms with Crippen LogP contribution in [0.3, 0.4) is 0 Å². The van der Waals surface area contributed by atoms with Gasteiger partial charge in [-0.05, 0) is 13.0 Å². The van der Waals surface area contributed by atoms with E-state index in [-0.39, 0.29) is 0 Å². The van der Waals surface area contributed by atoms with E-state index in [0.717, 1.165) is 12.1 Å². The Bertz CT molecular complexity index is 816. The highest BCUT2D eigenvalue weighted by atomic mass is 16.7. The van der Waals surface area contributed by atoms with Gasteiger partial charge in [-0.25, -0.2) is 9.59 Å². The van der Waals surface area contributed by atoms with Crippen molar-refractivity contribution < 1.29 is 28.5 Å². The lowest BCUT2D eigenvalue weighted by Gasteiger charge is -2.17. The van der Waals surface area contributed by atoms with Crippen molar-refractivity contribution in [2.75, 3.05) is 6.54 Å². The van der Waals surface area contributed by atoms with Crippen molar-refractivity contribution in [3.05, 3.63) is 63.9 Å². The molecule has 0 spiro atoms. The van der Waals surface area contributed by atoms with Gasteiger partial charge < -0.3 is 14.5 Å². The number of nitrogens with one attached hydrogen (secondary N) is 2. The van der Waals surface area contributed by atoms with Gasteiger partial charge in [-0.3, -0.25) is 20.2 Å². The molecule has 1 atom stereocenters. The van der Waals surface area contributed by atoms with E-state index < -0.39 is 40.6 Å². The summed E-state index contributed by atoms with van der Waals surface area (Å²) >= 11 is 0. The van der Waals surface area contributed by atoms with Crippen LogP contribution < -0.4 is 10.6 Å². The maximum atomic E-state index is 12.3. The normalized spacial score (nSPS) is 11.3. The Kier molecular flexibility index (Phi) is 6.04. The average Bonchev–Trinajstić information content (AvgIpc) is 3.11. The Morgan fingerprint density at radius 1 is 1.19 bits per heavy atom. The molecule has 10 heteroatoms. The SMILES string of the molecule is CCNC(=O)NC(=O)[C@@H](OC(=O)c1ccc([N+](=O)[O-])o1)c1ccccc1. The molecule has 0 saturated heterocycles. The summed E-state index contributed by atoms with van der Waals surface area (Å²) in [5.74, 6) is -3.04. The summed E-state index contributed by atoms with van der Waals surface area (Å²) in [4.78, 5) is 45.8. The smallest absolute Gasteiger partial charge is 0.433 e. The maximum absolute atomic E-state index is 12.3. The summed E-state index contributed by atoms with van der Waals surface area (Å²) in [6.07, 6.45) is -1.45. The number of rotatable bonds is 6. The third-order valence-corrected chi connectivity index (χ3v) is 3.11. The second kappa shape index (κ2) is 8.42. The van der Waals surface area contributed by atoms with Crippen LogP contribution >= 0.6 is 0 Å². The van der Waals surface area contributed by atoms with Crippen molar-refractivity contribution in [3.8, 4) is 0 Å². The molecule has 0 aliphatic heterocycles. The molecule has 2 aromatic rings. The zero-order chi connectivity index (χ0) is 19.1. The monoisotopic (exact) mass is 361 g/mol. The molecule has 0 fully saturated rings. The van der Waals surface area contributed by atoms with Crippen molar-refractivity contribution in [2.45, 2.75) is 13.0 Å². The zero-order valence-corrected chi connectivity index (χ0v) is 13.6. The third kappa shape index (κ3) is 4.66. The van der Waals surface area contributed by atoms with Crippen LogP contribution in [0, 0.1) is 10.1 Å². The molecule has 0 unspecified atom stereocenters. The number of carbonyl (C=O) groups is 3. The summed E-state index contributed by atoms with van der Waals surface area (Å²) in [7, 11) is 0. The molecule has 0 bridgehead atoms. The number of benzene rings is 1. The molecule has 10 nitrogen and oxygen atoms in total. The van der Waals surface area contributed by atoms with Gasteiger partial charge in [-0.1, -0.05) is 30.3 Å². The topological polar surface area (TPSA) is 141 Å². The Morgan fingerprint density at radius 2 is 1.88 bits per heavy atom. The molecule has 2 N–H and O–H groups in total.